The monoisotopic (exact) mass is 314 g/mol. The van der Waals surface area contributed by atoms with E-state index in [9.17, 15) is 29.1 Å². The molecule has 0 spiro atoms. The molecule has 1 N–H and O–H groups in total. The molecule has 1 atom stereocenters. The van der Waals surface area contributed by atoms with E-state index in [0.717, 1.165) is 0 Å². The van der Waals surface area contributed by atoms with Crippen LogP contribution in [0.3, 0.4) is 0 Å². The lowest BCUT2D eigenvalue weighted by atomic mass is 10.3. The van der Waals surface area contributed by atoms with E-state index in [4.69, 9.17) is 0 Å². The molecule has 2 aliphatic rings. The molecular formula is C12H14N2O8. The highest BCUT2D eigenvalue weighted by Gasteiger charge is 2.34. The standard InChI is InChI=1S/C12H14N2O8/c15-7-1-2-8(16)13(7)21-11(19)5-6-12(20)22-14-9(17)3-4-10(14)18/h7,15H,1-6H2. The summed E-state index contributed by atoms with van der Waals surface area (Å²) in [5.74, 6) is -3.63. The van der Waals surface area contributed by atoms with Crippen LogP contribution in [0.2, 0.25) is 0 Å². The zero-order valence-electron chi connectivity index (χ0n) is 11.5. The Kier molecular flexibility index (Phi) is 4.71. The predicted molar refractivity (Wildman–Crippen MR) is 64.6 cm³/mol. The number of carbonyl (C=O) groups excluding carboxylic acids is 5. The summed E-state index contributed by atoms with van der Waals surface area (Å²) >= 11 is 0. The van der Waals surface area contributed by atoms with Crippen molar-refractivity contribution >= 4 is 29.7 Å². The van der Waals surface area contributed by atoms with E-state index in [0.29, 0.717) is 10.1 Å². The number of amides is 3. The van der Waals surface area contributed by atoms with Crippen LogP contribution in [-0.4, -0.2) is 51.1 Å². The molecule has 2 fully saturated rings. The van der Waals surface area contributed by atoms with Crippen molar-refractivity contribution < 1.29 is 38.8 Å². The SMILES string of the molecule is O=C(CCC(=O)ON1C(=O)CCC1O)ON1C(=O)CCC1=O. The highest BCUT2D eigenvalue weighted by molar-refractivity contribution is 6.01. The van der Waals surface area contributed by atoms with Gasteiger partial charge in [0, 0.05) is 25.7 Å². The highest BCUT2D eigenvalue weighted by atomic mass is 16.7. The van der Waals surface area contributed by atoms with Gasteiger partial charge in [0.25, 0.3) is 17.7 Å². The Morgan fingerprint density at radius 3 is 2.00 bits per heavy atom. The number of rotatable bonds is 5. The molecule has 2 heterocycles. The zero-order chi connectivity index (χ0) is 16.3. The normalized spacial score (nSPS) is 21.5. The van der Waals surface area contributed by atoms with Crippen LogP contribution in [0.1, 0.15) is 38.5 Å². The summed E-state index contributed by atoms with van der Waals surface area (Å²) in [7, 11) is 0. The Balaban J connectivity index is 1.74. The summed E-state index contributed by atoms with van der Waals surface area (Å²) in [5, 5.41) is 10.3. The first-order chi connectivity index (χ1) is 10.4. The molecule has 2 rings (SSSR count). The Bertz CT molecular complexity index is 515. The van der Waals surface area contributed by atoms with E-state index >= 15 is 0 Å². The van der Waals surface area contributed by atoms with Crippen LogP contribution in [0.25, 0.3) is 0 Å². The maximum Gasteiger partial charge on any atom is 0.333 e. The Morgan fingerprint density at radius 2 is 1.50 bits per heavy atom. The van der Waals surface area contributed by atoms with Crippen LogP contribution in [0.4, 0.5) is 0 Å². The van der Waals surface area contributed by atoms with E-state index < -0.39 is 48.7 Å². The molecule has 120 valence electrons. The summed E-state index contributed by atoms with van der Waals surface area (Å²) in [6, 6.07) is 0. The van der Waals surface area contributed by atoms with E-state index in [1.165, 1.54) is 0 Å². The summed E-state index contributed by atoms with van der Waals surface area (Å²) in [4.78, 5) is 65.9. The van der Waals surface area contributed by atoms with E-state index in [-0.39, 0.29) is 25.7 Å². The number of aliphatic hydroxyl groups excluding tert-OH is 1. The van der Waals surface area contributed by atoms with Crippen LogP contribution in [0.15, 0.2) is 0 Å². The number of carbonyl (C=O) groups is 5. The third-order valence-electron chi connectivity index (χ3n) is 3.07. The number of hydroxylamine groups is 4. The van der Waals surface area contributed by atoms with Crippen LogP contribution in [-0.2, 0) is 33.6 Å². The van der Waals surface area contributed by atoms with E-state index in [1.54, 1.807) is 0 Å². The Hall–Kier alpha value is -2.49. The lowest BCUT2D eigenvalue weighted by Crippen LogP contribution is -2.35. The van der Waals surface area contributed by atoms with Crippen LogP contribution < -0.4 is 0 Å². The quantitative estimate of drug-likeness (QED) is 0.624. The average molecular weight is 314 g/mol. The van der Waals surface area contributed by atoms with Crippen molar-refractivity contribution in [2.75, 3.05) is 0 Å². The van der Waals surface area contributed by atoms with Gasteiger partial charge in [-0.2, -0.15) is 0 Å². The maximum atomic E-state index is 11.5. The van der Waals surface area contributed by atoms with Gasteiger partial charge in [-0.3, -0.25) is 14.4 Å². The van der Waals surface area contributed by atoms with Gasteiger partial charge in [0.05, 0.1) is 12.8 Å². The molecule has 0 saturated carbocycles. The topological polar surface area (TPSA) is 131 Å². The largest absolute Gasteiger partial charge is 0.370 e. The molecule has 0 aromatic heterocycles. The number of nitrogens with zero attached hydrogens (tertiary/aromatic N) is 2. The molecule has 10 heteroatoms. The van der Waals surface area contributed by atoms with Crippen molar-refractivity contribution in [2.24, 2.45) is 0 Å². The van der Waals surface area contributed by atoms with Gasteiger partial charge < -0.3 is 14.8 Å². The van der Waals surface area contributed by atoms with Gasteiger partial charge in [0.2, 0.25) is 0 Å². The number of aliphatic hydroxyl groups is 1. The van der Waals surface area contributed by atoms with Gasteiger partial charge in [-0.05, 0) is 0 Å². The first-order valence-electron chi connectivity index (χ1n) is 6.66. The van der Waals surface area contributed by atoms with Gasteiger partial charge in [-0.25, -0.2) is 9.59 Å². The summed E-state index contributed by atoms with van der Waals surface area (Å²) in [6.07, 6.45) is -1.88. The number of hydrogen-bond donors (Lipinski definition) is 1. The van der Waals surface area contributed by atoms with Crippen LogP contribution in [0.5, 0.6) is 0 Å². The molecule has 2 aliphatic heterocycles. The minimum atomic E-state index is -1.19. The molecule has 3 amide bonds. The average Bonchev–Trinajstić information content (AvgIpc) is 2.95. The molecule has 22 heavy (non-hydrogen) atoms. The van der Waals surface area contributed by atoms with Crippen LogP contribution >= 0.6 is 0 Å². The molecule has 0 radical (unpaired) electrons. The molecule has 0 bridgehead atoms. The molecule has 1 unspecified atom stereocenters. The molecular weight excluding hydrogens is 300 g/mol. The van der Waals surface area contributed by atoms with Gasteiger partial charge >= 0.3 is 11.9 Å². The highest BCUT2D eigenvalue weighted by Crippen LogP contribution is 2.17. The van der Waals surface area contributed by atoms with Gasteiger partial charge in [0.15, 0.2) is 6.23 Å². The molecule has 0 aromatic carbocycles. The van der Waals surface area contributed by atoms with E-state index in [2.05, 4.69) is 9.68 Å². The van der Waals surface area contributed by atoms with Crippen LogP contribution in [0, 0.1) is 0 Å². The smallest absolute Gasteiger partial charge is 0.333 e. The summed E-state index contributed by atoms with van der Waals surface area (Å²) in [6.45, 7) is 0. The number of imide groups is 1. The van der Waals surface area contributed by atoms with Crippen molar-refractivity contribution in [2.45, 2.75) is 44.8 Å². The second-order valence-corrected chi connectivity index (χ2v) is 4.75. The maximum absolute atomic E-state index is 11.5. The molecule has 0 aliphatic carbocycles. The second-order valence-electron chi connectivity index (χ2n) is 4.75. The molecule has 0 aromatic rings. The van der Waals surface area contributed by atoms with Crippen molar-refractivity contribution in [1.29, 1.82) is 0 Å². The second kappa shape index (κ2) is 6.52. The fraction of sp³-hybridized carbons (Fsp3) is 0.583. The van der Waals surface area contributed by atoms with Gasteiger partial charge in [0.1, 0.15) is 0 Å². The first-order valence-corrected chi connectivity index (χ1v) is 6.66. The van der Waals surface area contributed by atoms with Crippen molar-refractivity contribution in [3.63, 3.8) is 0 Å². The third kappa shape index (κ3) is 3.58. The fourth-order valence-corrected chi connectivity index (χ4v) is 1.92. The minimum Gasteiger partial charge on any atom is -0.370 e. The predicted octanol–water partition coefficient (Wildman–Crippen LogP) is -1.23. The summed E-state index contributed by atoms with van der Waals surface area (Å²) in [5.41, 5.74) is 0. The van der Waals surface area contributed by atoms with Crippen molar-refractivity contribution in [1.82, 2.24) is 10.1 Å². The lowest BCUT2D eigenvalue weighted by molar-refractivity contribution is -0.221. The van der Waals surface area contributed by atoms with E-state index in [1.807, 2.05) is 0 Å². The Morgan fingerprint density at radius 1 is 0.955 bits per heavy atom. The summed E-state index contributed by atoms with van der Waals surface area (Å²) < 4.78 is 0. The molecule has 2 saturated heterocycles. The number of hydrogen-bond acceptors (Lipinski definition) is 8. The van der Waals surface area contributed by atoms with Crippen molar-refractivity contribution in [3.05, 3.63) is 0 Å². The zero-order valence-corrected chi connectivity index (χ0v) is 11.5. The molecule has 10 nitrogen and oxygen atoms in total. The first kappa shape index (κ1) is 15.9. The Labute approximate surface area is 124 Å². The van der Waals surface area contributed by atoms with Gasteiger partial charge in [-0.1, -0.05) is 0 Å². The fourth-order valence-electron chi connectivity index (χ4n) is 1.92. The lowest BCUT2D eigenvalue weighted by Gasteiger charge is -2.18. The van der Waals surface area contributed by atoms with Gasteiger partial charge in [-0.15, -0.1) is 10.1 Å². The van der Waals surface area contributed by atoms with Crippen molar-refractivity contribution in [3.8, 4) is 0 Å². The third-order valence-corrected chi connectivity index (χ3v) is 3.07. The minimum absolute atomic E-state index is 0.0247.